The second-order valence-corrected chi connectivity index (χ2v) is 6.58. The van der Waals surface area contributed by atoms with E-state index in [2.05, 4.69) is 10.3 Å². The van der Waals surface area contributed by atoms with Crippen LogP contribution in [-0.4, -0.2) is 15.5 Å². The van der Waals surface area contributed by atoms with Gasteiger partial charge in [0.25, 0.3) is 11.5 Å². The van der Waals surface area contributed by atoms with Crippen LogP contribution in [0.25, 0.3) is 16.7 Å². The maximum absolute atomic E-state index is 13.2. The van der Waals surface area contributed by atoms with Gasteiger partial charge in [-0.1, -0.05) is 30.3 Å². The topological polar surface area (TPSA) is 66.9 Å². The zero-order valence-electron chi connectivity index (χ0n) is 15.1. The molecule has 0 fully saturated rings. The molecule has 6 heteroatoms. The van der Waals surface area contributed by atoms with Crippen LogP contribution < -0.4 is 10.9 Å². The highest BCUT2D eigenvalue weighted by Gasteiger charge is 2.16. The molecule has 140 valence electrons. The Morgan fingerprint density at radius 3 is 2.46 bits per heavy atom. The number of rotatable bonds is 4. The lowest BCUT2D eigenvalue weighted by Crippen LogP contribution is -2.27. The second-order valence-electron chi connectivity index (χ2n) is 6.58. The van der Waals surface area contributed by atoms with Crippen molar-refractivity contribution in [3.8, 4) is 5.69 Å². The molecule has 0 aliphatic carbocycles. The summed E-state index contributed by atoms with van der Waals surface area (Å²) in [6.45, 7) is 1.91. The monoisotopic (exact) mass is 375 g/mol. The first-order valence-corrected chi connectivity index (χ1v) is 8.89. The van der Waals surface area contributed by atoms with E-state index in [0.717, 1.165) is 5.56 Å². The molecule has 1 atom stereocenters. The molecule has 4 rings (SSSR count). The van der Waals surface area contributed by atoms with Crippen molar-refractivity contribution in [1.29, 1.82) is 0 Å². The predicted octanol–water partition coefficient (Wildman–Crippen LogP) is 3.95. The molecule has 0 spiro atoms. The normalized spacial score (nSPS) is 12.1. The van der Waals surface area contributed by atoms with E-state index in [1.165, 1.54) is 34.9 Å². The van der Waals surface area contributed by atoms with Gasteiger partial charge in [-0.15, -0.1) is 0 Å². The third-order valence-electron chi connectivity index (χ3n) is 4.65. The molecule has 0 bridgehead atoms. The first-order chi connectivity index (χ1) is 13.5. The largest absolute Gasteiger partial charge is 0.344 e. The number of carbonyl (C=O) groups excluding carboxylic acids is 1. The van der Waals surface area contributed by atoms with Crippen molar-refractivity contribution < 1.29 is 9.18 Å². The smallest absolute Gasteiger partial charge is 0.268 e. The summed E-state index contributed by atoms with van der Waals surface area (Å²) in [5.74, 6) is -0.656. The number of H-pyrrole nitrogens is 1. The highest BCUT2D eigenvalue weighted by Crippen LogP contribution is 2.19. The average Bonchev–Trinajstić information content (AvgIpc) is 3.14. The van der Waals surface area contributed by atoms with Crippen LogP contribution >= 0.6 is 0 Å². The van der Waals surface area contributed by atoms with Gasteiger partial charge in [0.2, 0.25) is 0 Å². The SMILES string of the molecule is CC(NC(=O)c1cc2ccc(=O)n(-c3ccc(F)cc3)c2[nH]1)c1ccccc1. The van der Waals surface area contributed by atoms with Crippen LogP contribution in [0.3, 0.4) is 0 Å². The van der Waals surface area contributed by atoms with Crippen molar-refractivity contribution in [3.63, 3.8) is 0 Å². The second kappa shape index (κ2) is 7.15. The number of hydrogen-bond acceptors (Lipinski definition) is 2. The predicted molar refractivity (Wildman–Crippen MR) is 106 cm³/mol. The minimum absolute atomic E-state index is 0.167. The summed E-state index contributed by atoms with van der Waals surface area (Å²) in [4.78, 5) is 28.1. The molecule has 0 radical (unpaired) electrons. The molecule has 28 heavy (non-hydrogen) atoms. The first-order valence-electron chi connectivity index (χ1n) is 8.89. The lowest BCUT2D eigenvalue weighted by atomic mass is 10.1. The number of benzene rings is 2. The Labute approximate surface area is 160 Å². The van der Waals surface area contributed by atoms with Gasteiger partial charge in [0.05, 0.1) is 11.7 Å². The van der Waals surface area contributed by atoms with Gasteiger partial charge in [0.15, 0.2) is 0 Å². The first kappa shape index (κ1) is 17.7. The maximum atomic E-state index is 13.2. The Kier molecular flexibility index (Phi) is 4.53. The molecule has 2 N–H and O–H groups in total. The molecule has 0 saturated carbocycles. The summed E-state index contributed by atoms with van der Waals surface area (Å²) in [7, 11) is 0. The zero-order chi connectivity index (χ0) is 19.7. The number of nitrogens with one attached hydrogen (secondary N) is 2. The van der Waals surface area contributed by atoms with Crippen LogP contribution in [0.4, 0.5) is 4.39 Å². The van der Waals surface area contributed by atoms with Crippen molar-refractivity contribution in [2.24, 2.45) is 0 Å². The zero-order valence-corrected chi connectivity index (χ0v) is 15.1. The molecule has 0 aliphatic heterocycles. The Bertz CT molecular complexity index is 1190. The number of aromatic amines is 1. The summed E-state index contributed by atoms with van der Waals surface area (Å²) in [5.41, 5.74) is 2.07. The van der Waals surface area contributed by atoms with E-state index in [0.29, 0.717) is 22.4 Å². The minimum Gasteiger partial charge on any atom is -0.344 e. The van der Waals surface area contributed by atoms with Crippen LogP contribution in [0.1, 0.15) is 29.0 Å². The van der Waals surface area contributed by atoms with Crippen molar-refractivity contribution in [2.75, 3.05) is 0 Å². The highest BCUT2D eigenvalue weighted by atomic mass is 19.1. The van der Waals surface area contributed by atoms with Crippen LogP contribution in [0.15, 0.2) is 77.6 Å². The lowest BCUT2D eigenvalue weighted by Gasteiger charge is -2.13. The number of pyridine rings is 1. The summed E-state index contributed by atoms with van der Waals surface area (Å²) in [5, 5.41) is 3.66. The third kappa shape index (κ3) is 3.32. The fourth-order valence-electron chi connectivity index (χ4n) is 3.19. The molecule has 2 aromatic carbocycles. The summed E-state index contributed by atoms with van der Waals surface area (Å²) in [6, 6.07) is 19.9. The molecule has 1 unspecified atom stereocenters. The van der Waals surface area contributed by atoms with E-state index < -0.39 is 0 Å². The fraction of sp³-hybridized carbons (Fsp3) is 0.0909. The van der Waals surface area contributed by atoms with Gasteiger partial charge in [0.1, 0.15) is 17.2 Å². The summed E-state index contributed by atoms with van der Waals surface area (Å²) < 4.78 is 14.7. The van der Waals surface area contributed by atoms with Crippen molar-refractivity contribution >= 4 is 16.9 Å². The van der Waals surface area contributed by atoms with Crippen LogP contribution in [0, 0.1) is 5.82 Å². The molecule has 0 aliphatic rings. The third-order valence-corrected chi connectivity index (χ3v) is 4.65. The standard InChI is InChI=1S/C22H18FN3O2/c1-14(15-5-3-2-4-6-15)24-22(28)19-13-16-7-12-20(27)26(21(16)25-19)18-10-8-17(23)9-11-18/h2-14,25H,1H3,(H,24,28). The number of halogens is 1. The van der Waals surface area contributed by atoms with Crippen molar-refractivity contribution in [2.45, 2.75) is 13.0 Å². The van der Waals surface area contributed by atoms with Gasteiger partial charge in [-0.25, -0.2) is 4.39 Å². The van der Waals surface area contributed by atoms with E-state index in [9.17, 15) is 14.0 Å². The van der Waals surface area contributed by atoms with Gasteiger partial charge >= 0.3 is 0 Å². The molecule has 1 amide bonds. The van der Waals surface area contributed by atoms with E-state index in [1.54, 1.807) is 12.1 Å². The highest BCUT2D eigenvalue weighted by molar-refractivity contribution is 5.97. The minimum atomic E-state index is -0.384. The number of amides is 1. The number of carbonyl (C=O) groups is 1. The summed E-state index contributed by atoms with van der Waals surface area (Å²) in [6.07, 6.45) is 0. The lowest BCUT2D eigenvalue weighted by molar-refractivity contribution is 0.0935. The molecule has 2 aromatic heterocycles. The molecule has 2 heterocycles. The van der Waals surface area contributed by atoms with Crippen molar-refractivity contribution in [3.05, 3.63) is 100 Å². The van der Waals surface area contributed by atoms with Crippen LogP contribution in [0.5, 0.6) is 0 Å². The summed E-state index contributed by atoms with van der Waals surface area (Å²) >= 11 is 0. The Morgan fingerprint density at radius 2 is 1.75 bits per heavy atom. The quantitative estimate of drug-likeness (QED) is 0.567. The average molecular weight is 375 g/mol. The van der Waals surface area contributed by atoms with Crippen molar-refractivity contribution in [1.82, 2.24) is 14.9 Å². The van der Waals surface area contributed by atoms with Gasteiger partial charge in [-0.3, -0.25) is 14.2 Å². The molecule has 5 nitrogen and oxygen atoms in total. The molecular formula is C22H18FN3O2. The van der Waals surface area contributed by atoms with Gasteiger partial charge in [-0.2, -0.15) is 0 Å². The van der Waals surface area contributed by atoms with E-state index in [-0.39, 0.29) is 23.3 Å². The van der Waals surface area contributed by atoms with Crippen LogP contribution in [0.2, 0.25) is 0 Å². The van der Waals surface area contributed by atoms with Gasteiger partial charge < -0.3 is 10.3 Å². The Balaban J connectivity index is 1.70. The fourth-order valence-corrected chi connectivity index (χ4v) is 3.19. The van der Waals surface area contributed by atoms with E-state index >= 15 is 0 Å². The van der Waals surface area contributed by atoms with Gasteiger partial charge in [-0.05, 0) is 48.9 Å². The van der Waals surface area contributed by atoms with E-state index in [4.69, 9.17) is 0 Å². The Hall–Kier alpha value is -3.67. The molecule has 0 saturated heterocycles. The molecular weight excluding hydrogens is 357 g/mol. The molecule has 4 aromatic rings. The van der Waals surface area contributed by atoms with Crippen LogP contribution in [-0.2, 0) is 0 Å². The number of fused-ring (bicyclic) bond motifs is 1. The maximum Gasteiger partial charge on any atom is 0.268 e. The number of aromatic nitrogens is 2. The van der Waals surface area contributed by atoms with E-state index in [1.807, 2.05) is 37.3 Å². The number of nitrogens with zero attached hydrogens (tertiary/aromatic N) is 1. The van der Waals surface area contributed by atoms with Gasteiger partial charge in [0, 0.05) is 11.5 Å². The Morgan fingerprint density at radius 1 is 1.04 bits per heavy atom. The number of hydrogen-bond donors (Lipinski definition) is 2.